The zero-order valence-electron chi connectivity index (χ0n) is 14.5. The molecule has 0 amide bonds. The van der Waals surface area contributed by atoms with Crippen LogP contribution in [-0.2, 0) is 14.8 Å². The number of aliphatic imine (C=N–C) groups is 1. The molecule has 0 spiro atoms. The Balaban J connectivity index is 1.73. The van der Waals surface area contributed by atoms with Crippen LogP contribution in [0.3, 0.4) is 0 Å². The van der Waals surface area contributed by atoms with E-state index >= 15 is 0 Å². The summed E-state index contributed by atoms with van der Waals surface area (Å²) in [6.07, 6.45) is 9.33. The van der Waals surface area contributed by atoms with Crippen molar-refractivity contribution in [3.05, 3.63) is 12.2 Å². The van der Waals surface area contributed by atoms with Gasteiger partial charge in [0.15, 0.2) is 5.96 Å². The van der Waals surface area contributed by atoms with Gasteiger partial charge in [-0.05, 0) is 39.0 Å². The minimum absolute atomic E-state index is 0.00544. The van der Waals surface area contributed by atoms with E-state index < -0.39 is 10.0 Å². The molecule has 0 aromatic heterocycles. The van der Waals surface area contributed by atoms with Crippen LogP contribution in [0.25, 0.3) is 0 Å². The van der Waals surface area contributed by atoms with E-state index in [4.69, 9.17) is 4.74 Å². The normalized spacial score (nSPS) is 22.7. The summed E-state index contributed by atoms with van der Waals surface area (Å²) in [6.45, 7) is 4.06. The summed E-state index contributed by atoms with van der Waals surface area (Å²) in [4.78, 5) is 4.37. The largest absolute Gasteiger partial charge is 0.377 e. The minimum Gasteiger partial charge on any atom is -0.377 e. The number of nitrogens with zero attached hydrogens (tertiary/aromatic N) is 1. The lowest BCUT2D eigenvalue weighted by atomic mass is 10.1. The quantitative estimate of drug-likeness (QED) is 0.338. The van der Waals surface area contributed by atoms with Crippen molar-refractivity contribution in [1.29, 1.82) is 0 Å². The first kappa shape index (κ1) is 19.2. The lowest BCUT2D eigenvalue weighted by molar-refractivity contribution is 0.0200. The molecule has 1 aliphatic heterocycles. The molecule has 0 aromatic carbocycles. The predicted molar refractivity (Wildman–Crippen MR) is 96.7 cm³/mol. The third-order valence-corrected chi connectivity index (χ3v) is 5.45. The van der Waals surface area contributed by atoms with Gasteiger partial charge in [0, 0.05) is 25.7 Å². The summed E-state index contributed by atoms with van der Waals surface area (Å²) in [5.74, 6) is 0.663. The average molecular weight is 359 g/mol. The molecule has 1 atom stereocenters. The molecule has 1 saturated heterocycles. The molecule has 1 aliphatic carbocycles. The lowest BCUT2D eigenvalue weighted by Crippen LogP contribution is -2.43. The van der Waals surface area contributed by atoms with Crippen molar-refractivity contribution in [2.24, 2.45) is 4.99 Å². The Hall–Kier alpha value is -1.12. The zero-order valence-corrected chi connectivity index (χ0v) is 15.3. The first-order chi connectivity index (χ1) is 11.6. The number of hydrogen-bond donors (Lipinski definition) is 3. The van der Waals surface area contributed by atoms with Crippen LogP contribution < -0.4 is 15.4 Å². The molecule has 0 radical (unpaired) electrons. The van der Waals surface area contributed by atoms with E-state index in [0.717, 1.165) is 45.3 Å². The Morgan fingerprint density at radius 3 is 2.75 bits per heavy atom. The monoisotopic (exact) mass is 358 g/mol. The molecular weight excluding hydrogens is 328 g/mol. The maximum Gasteiger partial charge on any atom is 0.213 e. The van der Waals surface area contributed by atoms with Gasteiger partial charge in [-0.1, -0.05) is 12.2 Å². The van der Waals surface area contributed by atoms with Crippen molar-refractivity contribution in [3.63, 3.8) is 0 Å². The maximum atomic E-state index is 12.1. The van der Waals surface area contributed by atoms with Crippen LogP contribution >= 0.6 is 0 Å². The first-order valence-corrected chi connectivity index (χ1v) is 10.5. The Morgan fingerprint density at radius 1 is 1.29 bits per heavy atom. The molecule has 2 rings (SSSR count). The van der Waals surface area contributed by atoms with E-state index in [2.05, 4.69) is 32.5 Å². The number of nitrogens with one attached hydrogen (secondary N) is 3. The van der Waals surface area contributed by atoms with Crippen LogP contribution in [0.5, 0.6) is 0 Å². The number of ether oxygens (including phenoxy) is 1. The minimum atomic E-state index is -3.32. The molecule has 0 aromatic rings. The van der Waals surface area contributed by atoms with Crippen LogP contribution in [-0.4, -0.2) is 58.5 Å². The summed E-state index contributed by atoms with van der Waals surface area (Å²) in [6, 6.07) is 0.348. The van der Waals surface area contributed by atoms with Gasteiger partial charge in [-0.25, -0.2) is 13.1 Å². The fourth-order valence-electron chi connectivity index (χ4n) is 2.79. The summed E-state index contributed by atoms with van der Waals surface area (Å²) >= 11 is 0. The van der Waals surface area contributed by atoms with Gasteiger partial charge in [0.2, 0.25) is 10.0 Å². The van der Waals surface area contributed by atoms with Gasteiger partial charge in [-0.2, -0.15) is 0 Å². The van der Waals surface area contributed by atoms with E-state index in [9.17, 15) is 8.42 Å². The van der Waals surface area contributed by atoms with Gasteiger partial charge in [-0.15, -0.1) is 0 Å². The van der Waals surface area contributed by atoms with Crippen LogP contribution in [0.15, 0.2) is 17.1 Å². The third kappa shape index (κ3) is 7.19. The number of sulfonamides is 1. The highest BCUT2D eigenvalue weighted by Crippen LogP contribution is 2.12. The van der Waals surface area contributed by atoms with E-state index in [1.165, 1.54) is 0 Å². The van der Waals surface area contributed by atoms with Crippen molar-refractivity contribution < 1.29 is 13.2 Å². The molecule has 0 bridgehead atoms. The Labute approximate surface area is 145 Å². The molecule has 138 valence electrons. The van der Waals surface area contributed by atoms with Crippen molar-refractivity contribution in [2.45, 2.75) is 51.2 Å². The molecule has 1 fully saturated rings. The molecular formula is C16H30N4O3S. The Kier molecular flexibility index (Phi) is 8.01. The van der Waals surface area contributed by atoms with Gasteiger partial charge < -0.3 is 15.4 Å². The van der Waals surface area contributed by atoms with Gasteiger partial charge in [0.05, 0.1) is 18.4 Å². The van der Waals surface area contributed by atoms with Gasteiger partial charge in [0.1, 0.15) is 0 Å². The first-order valence-electron chi connectivity index (χ1n) is 8.88. The molecule has 3 N–H and O–H groups in total. The number of rotatable bonds is 8. The summed E-state index contributed by atoms with van der Waals surface area (Å²) in [5.41, 5.74) is 0. The number of hydrogen-bond acceptors (Lipinski definition) is 4. The van der Waals surface area contributed by atoms with E-state index in [1.807, 2.05) is 6.92 Å². The Morgan fingerprint density at radius 2 is 2.08 bits per heavy atom. The molecule has 2 aliphatic rings. The SMILES string of the molecule is CCNC(=NCCS(=O)(=O)NCC1CCCCO1)NC1CC=CC1. The standard InChI is InChI=1S/C16H30N4O3S/c1-2-17-16(20-14-7-3-4-8-14)18-10-12-24(21,22)19-13-15-9-5-6-11-23-15/h3-4,14-15,19H,2,5-13H2,1H3,(H2,17,18,20). The Bertz CT molecular complexity index is 519. The van der Waals surface area contributed by atoms with Crippen LogP contribution in [0.1, 0.15) is 39.0 Å². The maximum absolute atomic E-state index is 12.1. The molecule has 0 saturated carbocycles. The second-order valence-electron chi connectivity index (χ2n) is 6.20. The topological polar surface area (TPSA) is 91.8 Å². The van der Waals surface area contributed by atoms with Crippen molar-refractivity contribution in [2.75, 3.05) is 32.0 Å². The summed E-state index contributed by atoms with van der Waals surface area (Å²) in [5, 5.41) is 6.48. The van der Waals surface area contributed by atoms with E-state index in [1.54, 1.807) is 0 Å². The van der Waals surface area contributed by atoms with E-state index in [0.29, 0.717) is 18.5 Å². The van der Waals surface area contributed by atoms with Crippen LogP contribution in [0.2, 0.25) is 0 Å². The second-order valence-corrected chi connectivity index (χ2v) is 8.13. The highest BCUT2D eigenvalue weighted by Gasteiger charge is 2.17. The predicted octanol–water partition coefficient (Wildman–Crippen LogP) is 0.749. The molecule has 1 heterocycles. The smallest absolute Gasteiger partial charge is 0.213 e. The summed E-state index contributed by atoms with van der Waals surface area (Å²) < 4.78 is 32.3. The molecule has 1 unspecified atom stereocenters. The highest BCUT2D eigenvalue weighted by molar-refractivity contribution is 7.89. The fourth-order valence-corrected chi connectivity index (χ4v) is 3.70. The van der Waals surface area contributed by atoms with Gasteiger partial charge in [0.25, 0.3) is 0 Å². The molecule has 24 heavy (non-hydrogen) atoms. The van der Waals surface area contributed by atoms with Crippen molar-refractivity contribution in [3.8, 4) is 0 Å². The van der Waals surface area contributed by atoms with Gasteiger partial charge in [-0.3, -0.25) is 4.99 Å². The molecule has 7 nitrogen and oxygen atoms in total. The van der Waals surface area contributed by atoms with Crippen molar-refractivity contribution >= 4 is 16.0 Å². The van der Waals surface area contributed by atoms with Crippen LogP contribution in [0, 0.1) is 0 Å². The van der Waals surface area contributed by atoms with E-state index in [-0.39, 0.29) is 18.4 Å². The highest BCUT2D eigenvalue weighted by atomic mass is 32.2. The third-order valence-electron chi connectivity index (χ3n) is 4.13. The van der Waals surface area contributed by atoms with Crippen LogP contribution in [0.4, 0.5) is 0 Å². The molecule has 8 heteroatoms. The van der Waals surface area contributed by atoms with Crippen molar-refractivity contribution in [1.82, 2.24) is 15.4 Å². The zero-order chi connectivity index (χ0) is 17.3. The average Bonchev–Trinajstić information content (AvgIpc) is 3.07. The van der Waals surface area contributed by atoms with Gasteiger partial charge >= 0.3 is 0 Å². The summed E-state index contributed by atoms with van der Waals surface area (Å²) in [7, 11) is -3.32. The lowest BCUT2D eigenvalue weighted by Gasteiger charge is -2.22. The number of guanidine groups is 1. The fraction of sp³-hybridized carbons (Fsp3) is 0.812. The second kappa shape index (κ2) is 10.0.